The Morgan fingerprint density at radius 3 is 1.23 bits per heavy atom. The summed E-state index contributed by atoms with van der Waals surface area (Å²) in [5.41, 5.74) is 6.97. The highest BCUT2D eigenvalue weighted by Crippen LogP contribution is 2.37. The summed E-state index contributed by atoms with van der Waals surface area (Å²) in [7, 11) is 0. The summed E-state index contributed by atoms with van der Waals surface area (Å²) in [5, 5.41) is 4.42. The molecule has 44 heavy (non-hydrogen) atoms. The van der Waals surface area contributed by atoms with Crippen molar-refractivity contribution in [3.63, 3.8) is 0 Å². The highest BCUT2D eigenvalue weighted by atomic mass is 14.9. The molecule has 206 valence electrons. The number of rotatable bonds is 5. The number of hydrogen-bond donors (Lipinski definition) is 0. The van der Waals surface area contributed by atoms with Crippen LogP contribution >= 0.6 is 0 Å². The SMILES string of the molecule is c1ccc(-c2cccc(-c3cc(-c4cccc(-c5ccccn5)n4)nc(-c4c5ccccc5cc5ccccc45)n3)n2)nc1. The van der Waals surface area contributed by atoms with Gasteiger partial charge in [-0.25, -0.2) is 19.9 Å². The Labute approximate surface area is 253 Å². The molecule has 8 rings (SSSR count). The molecule has 5 aromatic heterocycles. The van der Waals surface area contributed by atoms with Crippen LogP contribution in [0.1, 0.15) is 0 Å². The van der Waals surface area contributed by atoms with Crippen molar-refractivity contribution in [2.45, 2.75) is 0 Å². The lowest BCUT2D eigenvalue weighted by atomic mass is 9.96. The fraction of sp³-hybridized carbons (Fsp3) is 0. The Bertz CT molecular complexity index is 2130. The van der Waals surface area contributed by atoms with Gasteiger partial charge in [0.15, 0.2) is 5.82 Å². The minimum absolute atomic E-state index is 0.612. The van der Waals surface area contributed by atoms with Crippen LogP contribution in [0, 0.1) is 0 Å². The Hall–Kier alpha value is -6.14. The number of hydrogen-bond acceptors (Lipinski definition) is 6. The number of benzene rings is 3. The summed E-state index contributed by atoms with van der Waals surface area (Å²) < 4.78 is 0. The van der Waals surface area contributed by atoms with E-state index in [0.29, 0.717) is 17.2 Å². The molecule has 0 aliphatic rings. The molecule has 0 bridgehead atoms. The Balaban J connectivity index is 1.39. The molecule has 0 spiro atoms. The smallest absolute Gasteiger partial charge is 0.161 e. The molecule has 6 nitrogen and oxygen atoms in total. The molecule has 0 radical (unpaired) electrons. The van der Waals surface area contributed by atoms with Gasteiger partial charge in [-0.1, -0.05) is 72.8 Å². The Kier molecular flexibility index (Phi) is 6.35. The van der Waals surface area contributed by atoms with E-state index in [4.69, 9.17) is 19.9 Å². The van der Waals surface area contributed by atoms with Crippen molar-refractivity contribution in [1.29, 1.82) is 0 Å². The number of pyridine rings is 4. The zero-order valence-corrected chi connectivity index (χ0v) is 23.5. The Morgan fingerprint density at radius 2 is 0.750 bits per heavy atom. The van der Waals surface area contributed by atoms with Gasteiger partial charge < -0.3 is 0 Å². The van der Waals surface area contributed by atoms with Crippen molar-refractivity contribution in [1.82, 2.24) is 29.9 Å². The number of nitrogens with zero attached hydrogens (tertiary/aromatic N) is 6. The highest BCUT2D eigenvalue weighted by molar-refractivity contribution is 6.11. The number of aromatic nitrogens is 6. The van der Waals surface area contributed by atoms with E-state index in [1.807, 2.05) is 78.9 Å². The number of fused-ring (bicyclic) bond motifs is 2. The van der Waals surface area contributed by atoms with E-state index >= 15 is 0 Å². The van der Waals surface area contributed by atoms with Gasteiger partial charge in [-0.2, -0.15) is 0 Å². The molecule has 5 heterocycles. The van der Waals surface area contributed by atoms with E-state index < -0.39 is 0 Å². The maximum atomic E-state index is 5.18. The monoisotopic (exact) mass is 564 g/mol. The van der Waals surface area contributed by atoms with Gasteiger partial charge in [0.05, 0.1) is 45.6 Å². The maximum Gasteiger partial charge on any atom is 0.161 e. The molecule has 0 unspecified atom stereocenters. The molecule has 0 aliphatic carbocycles. The van der Waals surface area contributed by atoms with Crippen LogP contribution in [0.5, 0.6) is 0 Å². The van der Waals surface area contributed by atoms with Gasteiger partial charge in [0, 0.05) is 18.0 Å². The van der Waals surface area contributed by atoms with Crippen LogP contribution in [0.2, 0.25) is 0 Å². The van der Waals surface area contributed by atoms with Crippen LogP contribution in [0.15, 0.2) is 146 Å². The van der Waals surface area contributed by atoms with Gasteiger partial charge in [0.2, 0.25) is 0 Å². The lowest BCUT2D eigenvalue weighted by Crippen LogP contribution is -2.00. The van der Waals surface area contributed by atoms with E-state index in [9.17, 15) is 0 Å². The summed E-state index contributed by atoms with van der Waals surface area (Å²) in [6, 6.07) is 44.4. The second-order valence-electron chi connectivity index (χ2n) is 10.4. The molecular formula is C38H24N6. The molecule has 0 fully saturated rings. The van der Waals surface area contributed by atoms with Gasteiger partial charge in [-0.15, -0.1) is 0 Å². The van der Waals surface area contributed by atoms with Gasteiger partial charge in [-0.3, -0.25) is 9.97 Å². The normalized spacial score (nSPS) is 11.2. The lowest BCUT2D eigenvalue weighted by molar-refractivity contribution is 1.15. The van der Waals surface area contributed by atoms with Gasteiger partial charge >= 0.3 is 0 Å². The second-order valence-corrected chi connectivity index (χ2v) is 10.4. The average molecular weight is 565 g/mol. The van der Waals surface area contributed by atoms with Crippen LogP contribution in [-0.4, -0.2) is 29.9 Å². The van der Waals surface area contributed by atoms with Crippen molar-refractivity contribution in [2.24, 2.45) is 0 Å². The fourth-order valence-corrected chi connectivity index (χ4v) is 5.54. The molecule has 6 heteroatoms. The van der Waals surface area contributed by atoms with E-state index in [2.05, 4.69) is 64.6 Å². The van der Waals surface area contributed by atoms with Crippen molar-refractivity contribution in [2.75, 3.05) is 0 Å². The predicted octanol–water partition coefficient (Wildman–Crippen LogP) is 8.70. The maximum absolute atomic E-state index is 5.18. The third-order valence-electron chi connectivity index (χ3n) is 7.60. The van der Waals surface area contributed by atoms with E-state index in [-0.39, 0.29) is 0 Å². The molecule has 0 amide bonds. The fourth-order valence-electron chi connectivity index (χ4n) is 5.54. The molecule has 0 saturated carbocycles. The van der Waals surface area contributed by atoms with Crippen molar-refractivity contribution in [3.8, 4) is 56.9 Å². The third kappa shape index (κ3) is 4.74. The van der Waals surface area contributed by atoms with Crippen molar-refractivity contribution < 1.29 is 0 Å². The zero-order chi connectivity index (χ0) is 29.3. The van der Waals surface area contributed by atoms with Crippen LogP contribution in [0.3, 0.4) is 0 Å². The minimum atomic E-state index is 0.612. The summed E-state index contributed by atoms with van der Waals surface area (Å²) in [5.74, 6) is 0.612. The molecule has 0 aliphatic heterocycles. The van der Waals surface area contributed by atoms with Crippen LogP contribution in [0.25, 0.3) is 78.5 Å². The van der Waals surface area contributed by atoms with Crippen molar-refractivity contribution >= 4 is 21.5 Å². The minimum Gasteiger partial charge on any atom is -0.255 e. The van der Waals surface area contributed by atoms with Crippen LogP contribution in [0.4, 0.5) is 0 Å². The average Bonchev–Trinajstić information content (AvgIpc) is 3.11. The predicted molar refractivity (Wildman–Crippen MR) is 175 cm³/mol. The van der Waals surface area contributed by atoms with E-state index in [1.54, 1.807) is 12.4 Å². The van der Waals surface area contributed by atoms with E-state index in [0.717, 1.165) is 61.3 Å². The summed E-state index contributed by atoms with van der Waals surface area (Å²) in [4.78, 5) is 29.4. The first-order chi connectivity index (χ1) is 21.8. The van der Waals surface area contributed by atoms with Crippen molar-refractivity contribution in [3.05, 3.63) is 146 Å². The van der Waals surface area contributed by atoms with Gasteiger partial charge in [0.25, 0.3) is 0 Å². The molecule has 0 atom stereocenters. The first-order valence-corrected chi connectivity index (χ1v) is 14.4. The van der Waals surface area contributed by atoms with Gasteiger partial charge in [0.1, 0.15) is 0 Å². The van der Waals surface area contributed by atoms with Crippen LogP contribution in [-0.2, 0) is 0 Å². The Morgan fingerprint density at radius 1 is 0.318 bits per heavy atom. The quantitative estimate of drug-likeness (QED) is 0.195. The van der Waals surface area contributed by atoms with E-state index in [1.165, 1.54) is 0 Å². The first-order valence-electron chi connectivity index (χ1n) is 14.4. The first kappa shape index (κ1) is 25.6. The molecule has 3 aromatic carbocycles. The lowest BCUT2D eigenvalue weighted by Gasteiger charge is -2.14. The molecule has 0 saturated heterocycles. The topological polar surface area (TPSA) is 77.3 Å². The summed E-state index contributed by atoms with van der Waals surface area (Å²) >= 11 is 0. The largest absolute Gasteiger partial charge is 0.255 e. The van der Waals surface area contributed by atoms with Gasteiger partial charge in [-0.05, 0) is 82.2 Å². The zero-order valence-electron chi connectivity index (χ0n) is 23.5. The molecule has 8 aromatic rings. The summed E-state index contributed by atoms with van der Waals surface area (Å²) in [6.07, 6.45) is 3.55. The highest BCUT2D eigenvalue weighted by Gasteiger charge is 2.18. The third-order valence-corrected chi connectivity index (χ3v) is 7.60. The second kappa shape index (κ2) is 10.9. The molecular weight excluding hydrogens is 540 g/mol. The van der Waals surface area contributed by atoms with Crippen LogP contribution < -0.4 is 0 Å². The molecule has 0 N–H and O–H groups in total. The summed E-state index contributed by atoms with van der Waals surface area (Å²) in [6.45, 7) is 0. The standard InChI is InChI=1S/C38H24N6/c1-3-13-27-25(11-1)23-26-12-2-4-14-28(26)37(27)38-43-35(33-19-9-17-31(41-33)29-15-5-7-21-39-29)24-36(44-38)34-20-10-18-32(42-34)30-16-6-8-22-40-30/h1-24H.